The van der Waals surface area contributed by atoms with E-state index in [-0.39, 0.29) is 16.6 Å². The van der Waals surface area contributed by atoms with Crippen LogP contribution < -0.4 is 5.32 Å². The van der Waals surface area contributed by atoms with Crippen molar-refractivity contribution in [2.75, 3.05) is 6.54 Å². The molecule has 0 atom stereocenters. The first kappa shape index (κ1) is 11.4. The van der Waals surface area contributed by atoms with E-state index < -0.39 is 5.97 Å². The zero-order valence-electron chi connectivity index (χ0n) is 8.11. The van der Waals surface area contributed by atoms with Gasteiger partial charge in [0, 0.05) is 11.9 Å². The highest BCUT2D eigenvalue weighted by atomic mass is 32.1. The van der Waals surface area contributed by atoms with Crippen molar-refractivity contribution in [3.63, 3.8) is 0 Å². The Labute approximate surface area is 90.5 Å². The Morgan fingerprint density at radius 3 is 2.80 bits per heavy atom. The lowest BCUT2D eigenvalue weighted by Gasteiger charge is -2.00. The molecule has 5 nitrogen and oxygen atoms in total. The largest absolute Gasteiger partial charge is 0.476 e. The van der Waals surface area contributed by atoms with Crippen molar-refractivity contribution in [3.8, 4) is 0 Å². The van der Waals surface area contributed by atoms with Crippen LogP contribution in [0, 0.1) is 0 Å². The average Bonchev–Trinajstić information content (AvgIpc) is 2.62. The molecule has 6 heteroatoms. The number of hydrogen-bond acceptors (Lipinski definition) is 4. The van der Waals surface area contributed by atoms with Crippen molar-refractivity contribution >= 4 is 23.2 Å². The van der Waals surface area contributed by atoms with Crippen molar-refractivity contribution in [1.82, 2.24) is 10.3 Å². The van der Waals surface area contributed by atoms with Gasteiger partial charge in [-0.05, 0) is 6.92 Å². The van der Waals surface area contributed by atoms with Crippen LogP contribution in [0.4, 0.5) is 0 Å². The second-order valence-corrected chi connectivity index (χ2v) is 3.84. The molecule has 15 heavy (non-hydrogen) atoms. The lowest BCUT2D eigenvalue weighted by atomic mass is 10.3. The van der Waals surface area contributed by atoms with Crippen LogP contribution in [-0.4, -0.2) is 28.5 Å². The monoisotopic (exact) mass is 226 g/mol. The maximum Gasteiger partial charge on any atom is 0.355 e. The lowest BCUT2D eigenvalue weighted by molar-refractivity contribution is 0.0691. The molecular formula is C9H10N2O3S. The SMILES string of the molecule is C=C(C)CNC(=O)c1nc(C(=O)O)cs1. The van der Waals surface area contributed by atoms with Gasteiger partial charge in [0.1, 0.15) is 0 Å². The van der Waals surface area contributed by atoms with E-state index in [0.717, 1.165) is 16.9 Å². The van der Waals surface area contributed by atoms with Crippen LogP contribution in [0.3, 0.4) is 0 Å². The number of aromatic carboxylic acids is 1. The lowest BCUT2D eigenvalue weighted by Crippen LogP contribution is -2.24. The molecule has 0 fully saturated rings. The number of carboxylic acid groups (broad SMARTS) is 1. The van der Waals surface area contributed by atoms with Crippen LogP contribution in [0.1, 0.15) is 27.2 Å². The van der Waals surface area contributed by atoms with Crippen LogP contribution in [0.25, 0.3) is 0 Å². The third-order valence-corrected chi connectivity index (χ3v) is 2.31. The Kier molecular flexibility index (Phi) is 3.56. The van der Waals surface area contributed by atoms with Gasteiger partial charge in [-0.25, -0.2) is 9.78 Å². The summed E-state index contributed by atoms with van der Waals surface area (Å²) in [4.78, 5) is 25.6. The van der Waals surface area contributed by atoms with E-state index >= 15 is 0 Å². The molecule has 0 spiro atoms. The second kappa shape index (κ2) is 4.70. The molecule has 0 saturated carbocycles. The number of carbonyl (C=O) groups excluding carboxylic acids is 1. The van der Waals surface area contributed by atoms with Gasteiger partial charge in [-0.3, -0.25) is 4.79 Å². The summed E-state index contributed by atoms with van der Waals surface area (Å²) in [5.41, 5.74) is 0.707. The second-order valence-electron chi connectivity index (χ2n) is 2.98. The number of rotatable bonds is 4. The molecule has 0 saturated heterocycles. The number of nitrogens with zero attached hydrogens (tertiary/aromatic N) is 1. The standard InChI is InChI=1S/C9H10N2O3S/c1-5(2)3-10-7(12)8-11-6(4-15-8)9(13)14/h4H,1,3H2,2H3,(H,10,12)(H,13,14). The van der Waals surface area contributed by atoms with Crippen molar-refractivity contribution in [2.24, 2.45) is 0 Å². The van der Waals surface area contributed by atoms with Gasteiger partial charge in [0.25, 0.3) is 5.91 Å². The smallest absolute Gasteiger partial charge is 0.355 e. The molecule has 0 aliphatic rings. The summed E-state index contributed by atoms with van der Waals surface area (Å²) in [6, 6.07) is 0. The van der Waals surface area contributed by atoms with Crippen LogP contribution >= 0.6 is 11.3 Å². The fraction of sp³-hybridized carbons (Fsp3) is 0.222. The molecule has 0 radical (unpaired) electrons. The van der Waals surface area contributed by atoms with Gasteiger partial charge in [0.05, 0.1) is 0 Å². The quantitative estimate of drug-likeness (QED) is 0.755. The molecule has 0 aliphatic carbocycles. The van der Waals surface area contributed by atoms with E-state index in [2.05, 4.69) is 16.9 Å². The van der Waals surface area contributed by atoms with E-state index in [1.807, 2.05) is 0 Å². The highest BCUT2D eigenvalue weighted by Gasteiger charge is 2.13. The van der Waals surface area contributed by atoms with Crippen LogP contribution in [0.15, 0.2) is 17.5 Å². The number of hydrogen-bond donors (Lipinski definition) is 2. The molecule has 1 amide bonds. The molecule has 1 rings (SSSR count). The number of carbonyl (C=O) groups is 2. The Bertz CT molecular complexity index is 411. The van der Waals surface area contributed by atoms with Gasteiger partial charge in [0.15, 0.2) is 10.7 Å². The van der Waals surface area contributed by atoms with E-state index in [1.165, 1.54) is 5.38 Å². The highest BCUT2D eigenvalue weighted by molar-refractivity contribution is 7.11. The molecule has 0 aromatic carbocycles. The fourth-order valence-electron chi connectivity index (χ4n) is 0.783. The molecular weight excluding hydrogens is 216 g/mol. The first-order valence-corrected chi connectivity index (χ1v) is 5.00. The summed E-state index contributed by atoms with van der Waals surface area (Å²) in [5.74, 6) is -1.51. The third kappa shape index (κ3) is 3.17. The number of thiazole rings is 1. The molecule has 0 bridgehead atoms. The van der Waals surface area contributed by atoms with Gasteiger partial charge >= 0.3 is 5.97 Å². The van der Waals surface area contributed by atoms with Gasteiger partial charge in [-0.2, -0.15) is 0 Å². The molecule has 1 aromatic rings. The van der Waals surface area contributed by atoms with Crippen molar-refractivity contribution in [1.29, 1.82) is 0 Å². The maximum absolute atomic E-state index is 11.4. The number of aromatic nitrogens is 1. The first-order chi connectivity index (χ1) is 7.00. The van der Waals surface area contributed by atoms with Crippen LogP contribution in [0.5, 0.6) is 0 Å². The summed E-state index contributed by atoms with van der Waals surface area (Å²) < 4.78 is 0. The van der Waals surface area contributed by atoms with Crippen LogP contribution in [0.2, 0.25) is 0 Å². The minimum atomic E-state index is -1.13. The van der Waals surface area contributed by atoms with E-state index in [1.54, 1.807) is 6.92 Å². The highest BCUT2D eigenvalue weighted by Crippen LogP contribution is 2.09. The van der Waals surface area contributed by atoms with E-state index in [9.17, 15) is 9.59 Å². The molecule has 0 aliphatic heterocycles. The molecule has 1 aromatic heterocycles. The van der Waals surface area contributed by atoms with Crippen molar-refractivity contribution in [3.05, 3.63) is 28.2 Å². The van der Waals surface area contributed by atoms with Gasteiger partial charge < -0.3 is 10.4 Å². The van der Waals surface area contributed by atoms with Crippen LogP contribution in [-0.2, 0) is 0 Å². The minimum absolute atomic E-state index is 0.111. The summed E-state index contributed by atoms with van der Waals surface area (Å²) in [5, 5.41) is 12.6. The number of carboxylic acids is 1. The summed E-state index contributed by atoms with van der Waals surface area (Å²) in [6.45, 7) is 5.77. The van der Waals surface area contributed by atoms with E-state index in [4.69, 9.17) is 5.11 Å². The van der Waals surface area contributed by atoms with Crippen molar-refractivity contribution in [2.45, 2.75) is 6.92 Å². The zero-order chi connectivity index (χ0) is 11.4. The normalized spacial score (nSPS) is 9.67. The summed E-state index contributed by atoms with van der Waals surface area (Å²) in [6.07, 6.45) is 0. The molecule has 0 unspecified atom stereocenters. The Hall–Kier alpha value is -1.69. The average molecular weight is 226 g/mol. The Morgan fingerprint density at radius 1 is 1.67 bits per heavy atom. The summed E-state index contributed by atoms with van der Waals surface area (Å²) >= 11 is 1.00. The molecule has 1 heterocycles. The molecule has 2 N–H and O–H groups in total. The Balaban J connectivity index is 2.66. The predicted octanol–water partition coefficient (Wildman–Crippen LogP) is 1.15. The topological polar surface area (TPSA) is 79.3 Å². The number of amides is 1. The Morgan fingerprint density at radius 2 is 2.33 bits per heavy atom. The molecule has 80 valence electrons. The fourth-order valence-corrected chi connectivity index (χ4v) is 1.49. The van der Waals surface area contributed by atoms with Gasteiger partial charge in [-0.15, -0.1) is 11.3 Å². The first-order valence-electron chi connectivity index (χ1n) is 4.12. The number of nitrogens with one attached hydrogen (secondary N) is 1. The minimum Gasteiger partial charge on any atom is -0.476 e. The predicted molar refractivity (Wildman–Crippen MR) is 56.2 cm³/mol. The van der Waals surface area contributed by atoms with Gasteiger partial charge in [-0.1, -0.05) is 12.2 Å². The van der Waals surface area contributed by atoms with E-state index in [0.29, 0.717) is 6.54 Å². The van der Waals surface area contributed by atoms with Gasteiger partial charge in [0.2, 0.25) is 0 Å². The third-order valence-electron chi connectivity index (χ3n) is 1.47. The van der Waals surface area contributed by atoms with Crippen molar-refractivity contribution < 1.29 is 14.7 Å². The maximum atomic E-state index is 11.4. The summed E-state index contributed by atoms with van der Waals surface area (Å²) in [7, 11) is 0. The zero-order valence-corrected chi connectivity index (χ0v) is 8.93.